The number of thiazole rings is 1. The lowest BCUT2D eigenvalue weighted by molar-refractivity contribution is 0.0922. The predicted octanol–water partition coefficient (Wildman–Crippen LogP) is 1.91. The van der Waals surface area contributed by atoms with Crippen LogP contribution in [0.3, 0.4) is 0 Å². The first-order valence-corrected chi connectivity index (χ1v) is 7.04. The summed E-state index contributed by atoms with van der Waals surface area (Å²) in [7, 11) is 0. The van der Waals surface area contributed by atoms with Crippen LogP contribution in [-0.4, -0.2) is 16.9 Å². The highest BCUT2D eigenvalue weighted by Gasteiger charge is 2.23. The zero-order chi connectivity index (χ0) is 12.3. The number of nitrogens with two attached hydrogens (primary N) is 1. The van der Waals surface area contributed by atoms with Gasteiger partial charge in [0.2, 0.25) is 0 Å². The summed E-state index contributed by atoms with van der Waals surface area (Å²) in [6, 6.07) is 0.244. The molecule has 1 saturated carbocycles. The first kappa shape index (κ1) is 12.5. The minimum atomic E-state index is -0.0691. The van der Waals surface area contributed by atoms with Crippen LogP contribution in [0.1, 0.15) is 48.1 Å². The summed E-state index contributed by atoms with van der Waals surface area (Å²) >= 11 is 1.44. The standard InChI is InChI=1S/C12H19N3OS/c1-8(9-4-2-3-5-9)14-12(16)10-7-17-11(6-13)15-10/h7-9H,2-6,13H2,1H3,(H,14,16)/t8-/m1/s1. The van der Waals surface area contributed by atoms with Crippen LogP contribution >= 0.6 is 11.3 Å². The minimum Gasteiger partial charge on any atom is -0.348 e. The number of carbonyl (C=O) groups is 1. The lowest BCUT2D eigenvalue weighted by atomic mass is 10.00. The van der Waals surface area contributed by atoms with Crippen LogP contribution in [-0.2, 0) is 6.54 Å². The van der Waals surface area contributed by atoms with Crippen molar-refractivity contribution in [2.75, 3.05) is 0 Å². The molecule has 3 N–H and O–H groups in total. The van der Waals surface area contributed by atoms with Gasteiger partial charge in [0.1, 0.15) is 10.7 Å². The molecule has 0 aliphatic heterocycles. The Balaban J connectivity index is 1.91. The van der Waals surface area contributed by atoms with E-state index in [1.54, 1.807) is 5.38 Å². The minimum absolute atomic E-state index is 0.0691. The quantitative estimate of drug-likeness (QED) is 0.861. The summed E-state index contributed by atoms with van der Waals surface area (Å²) in [5.41, 5.74) is 5.98. The Labute approximate surface area is 106 Å². The van der Waals surface area contributed by atoms with E-state index in [2.05, 4.69) is 17.2 Å². The Hall–Kier alpha value is -0.940. The summed E-state index contributed by atoms with van der Waals surface area (Å²) in [5.74, 6) is 0.562. The summed E-state index contributed by atoms with van der Waals surface area (Å²) < 4.78 is 0. The number of hydrogen-bond donors (Lipinski definition) is 2. The third kappa shape index (κ3) is 3.04. The van der Waals surface area contributed by atoms with Crippen LogP contribution in [0.5, 0.6) is 0 Å². The maximum absolute atomic E-state index is 11.9. The third-order valence-electron chi connectivity index (χ3n) is 3.42. The Morgan fingerprint density at radius 1 is 1.65 bits per heavy atom. The van der Waals surface area contributed by atoms with Crippen molar-refractivity contribution >= 4 is 17.2 Å². The molecule has 0 saturated heterocycles. The van der Waals surface area contributed by atoms with Gasteiger partial charge in [0.15, 0.2) is 0 Å². The van der Waals surface area contributed by atoms with Crippen LogP contribution in [0, 0.1) is 5.92 Å². The van der Waals surface area contributed by atoms with E-state index in [-0.39, 0.29) is 11.9 Å². The first-order chi connectivity index (χ1) is 8.20. The first-order valence-electron chi connectivity index (χ1n) is 6.16. The van der Waals surface area contributed by atoms with Crippen LogP contribution in [0.2, 0.25) is 0 Å². The van der Waals surface area contributed by atoms with Gasteiger partial charge in [-0.3, -0.25) is 4.79 Å². The molecule has 94 valence electrons. The van der Waals surface area contributed by atoms with Crippen molar-refractivity contribution in [3.05, 3.63) is 16.1 Å². The fraction of sp³-hybridized carbons (Fsp3) is 0.667. The predicted molar refractivity (Wildman–Crippen MR) is 68.9 cm³/mol. The largest absolute Gasteiger partial charge is 0.348 e. The molecule has 1 aromatic heterocycles. The monoisotopic (exact) mass is 253 g/mol. The highest BCUT2D eigenvalue weighted by atomic mass is 32.1. The maximum atomic E-state index is 11.9. The molecule has 1 aromatic rings. The Bertz CT molecular complexity index is 385. The molecule has 2 rings (SSSR count). The molecular formula is C12H19N3OS. The van der Waals surface area contributed by atoms with Gasteiger partial charge in [-0.15, -0.1) is 11.3 Å². The average molecular weight is 253 g/mol. The average Bonchev–Trinajstić information content (AvgIpc) is 3.00. The Morgan fingerprint density at radius 3 is 2.94 bits per heavy atom. The van der Waals surface area contributed by atoms with E-state index in [0.29, 0.717) is 18.2 Å². The Morgan fingerprint density at radius 2 is 2.35 bits per heavy atom. The number of rotatable bonds is 4. The molecule has 1 amide bonds. The molecular weight excluding hydrogens is 234 g/mol. The fourth-order valence-electron chi connectivity index (χ4n) is 2.36. The number of aromatic nitrogens is 1. The molecule has 1 aliphatic rings. The van der Waals surface area contributed by atoms with Crippen molar-refractivity contribution in [2.45, 2.75) is 45.2 Å². The van der Waals surface area contributed by atoms with E-state index in [1.165, 1.54) is 37.0 Å². The van der Waals surface area contributed by atoms with Gasteiger partial charge in [-0.1, -0.05) is 12.8 Å². The highest BCUT2D eigenvalue weighted by Crippen LogP contribution is 2.27. The van der Waals surface area contributed by atoms with E-state index in [4.69, 9.17) is 5.73 Å². The van der Waals surface area contributed by atoms with Crippen molar-refractivity contribution in [2.24, 2.45) is 11.7 Å². The molecule has 1 heterocycles. The number of hydrogen-bond acceptors (Lipinski definition) is 4. The molecule has 17 heavy (non-hydrogen) atoms. The fourth-order valence-corrected chi connectivity index (χ4v) is 3.02. The maximum Gasteiger partial charge on any atom is 0.270 e. The second kappa shape index (κ2) is 5.60. The summed E-state index contributed by atoms with van der Waals surface area (Å²) in [6.07, 6.45) is 5.04. The van der Waals surface area contributed by atoms with E-state index < -0.39 is 0 Å². The topological polar surface area (TPSA) is 68.0 Å². The number of carbonyl (C=O) groups excluding carboxylic acids is 1. The van der Waals surface area contributed by atoms with Gasteiger partial charge in [0.05, 0.1) is 0 Å². The number of nitrogens with zero attached hydrogens (tertiary/aromatic N) is 1. The second-order valence-corrected chi connectivity index (χ2v) is 5.58. The van der Waals surface area contributed by atoms with Gasteiger partial charge < -0.3 is 11.1 Å². The van der Waals surface area contributed by atoms with Crippen LogP contribution < -0.4 is 11.1 Å². The molecule has 0 aromatic carbocycles. The molecule has 0 bridgehead atoms. The van der Waals surface area contributed by atoms with Crippen LogP contribution in [0.15, 0.2) is 5.38 Å². The lowest BCUT2D eigenvalue weighted by Gasteiger charge is -2.19. The normalized spacial score (nSPS) is 18.2. The van der Waals surface area contributed by atoms with Gasteiger partial charge in [-0.25, -0.2) is 4.98 Å². The number of nitrogens with one attached hydrogen (secondary N) is 1. The Kier molecular flexibility index (Phi) is 4.12. The molecule has 5 heteroatoms. The third-order valence-corrected chi connectivity index (χ3v) is 4.30. The molecule has 0 spiro atoms. The molecule has 1 fully saturated rings. The number of amides is 1. The van der Waals surface area contributed by atoms with Crippen molar-refractivity contribution in [1.29, 1.82) is 0 Å². The smallest absolute Gasteiger partial charge is 0.270 e. The summed E-state index contributed by atoms with van der Waals surface area (Å²) in [4.78, 5) is 16.1. The van der Waals surface area contributed by atoms with E-state index in [0.717, 1.165) is 5.01 Å². The van der Waals surface area contributed by atoms with Crippen LogP contribution in [0.4, 0.5) is 0 Å². The van der Waals surface area contributed by atoms with E-state index in [1.807, 2.05) is 0 Å². The van der Waals surface area contributed by atoms with Crippen molar-refractivity contribution in [3.63, 3.8) is 0 Å². The zero-order valence-corrected chi connectivity index (χ0v) is 10.9. The van der Waals surface area contributed by atoms with Gasteiger partial charge in [0.25, 0.3) is 5.91 Å². The van der Waals surface area contributed by atoms with Gasteiger partial charge in [0, 0.05) is 18.0 Å². The van der Waals surface area contributed by atoms with Crippen molar-refractivity contribution in [1.82, 2.24) is 10.3 Å². The van der Waals surface area contributed by atoms with Gasteiger partial charge >= 0.3 is 0 Å². The molecule has 1 aliphatic carbocycles. The summed E-state index contributed by atoms with van der Waals surface area (Å²) in [6.45, 7) is 2.49. The van der Waals surface area contributed by atoms with E-state index in [9.17, 15) is 4.79 Å². The molecule has 0 radical (unpaired) electrons. The second-order valence-electron chi connectivity index (χ2n) is 4.64. The molecule has 0 unspecified atom stereocenters. The zero-order valence-electron chi connectivity index (χ0n) is 10.1. The van der Waals surface area contributed by atoms with Crippen LogP contribution in [0.25, 0.3) is 0 Å². The highest BCUT2D eigenvalue weighted by molar-refractivity contribution is 7.09. The molecule has 1 atom stereocenters. The lowest BCUT2D eigenvalue weighted by Crippen LogP contribution is -2.37. The van der Waals surface area contributed by atoms with Crippen molar-refractivity contribution < 1.29 is 4.79 Å². The summed E-state index contributed by atoms with van der Waals surface area (Å²) in [5, 5.41) is 5.63. The van der Waals surface area contributed by atoms with Crippen molar-refractivity contribution in [3.8, 4) is 0 Å². The van der Waals surface area contributed by atoms with E-state index >= 15 is 0 Å². The van der Waals surface area contributed by atoms with Gasteiger partial charge in [-0.05, 0) is 25.7 Å². The SMILES string of the molecule is C[C@@H](NC(=O)c1csc(CN)n1)C1CCCC1. The van der Waals surface area contributed by atoms with Gasteiger partial charge in [-0.2, -0.15) is 0 Å². The molecule has 4 nitrogen and oxygen atoms in total.